The van der Waals surface area contributed by atoms with Crippen LogP contribution in [0, 0.1) is 5.92 Å². The summed E-state index contributed by atoms with van der Waals surface area (Å²) < 4.78 is 37.6. The highest BCUT2D eigenvalue weighted by molar-refractivity contribution is 7.88. The van der Waals surface area contributed by atoms with Gasteiger partial charge in [0.25, 0.3) is 0 Å². The van der Waals surface area contributed by atoms with Crippen LogP contribution in [0.25, 0.3) is 0 Å². The molecule has 1 heterocycles. The average molecular weight is 453 g/mol. The van der Waals surface area contributed by atoms with Crippen molar-refractivity contribution < 1.29 is 22.7 Å². The zero-order valence-electron chi connectivity index (χ0n) is 16.9. The third-order valence-electron chi connectivity index (χ3n) is 5.05. The number of carbonyl (C=O) groups is 1. The van der Waals surface area contributed by atoms with Gasteiger partial charge in [0.1, 0.15) is 11.5 Å². The van der Waals surface area contributed by atoms with Crippen molar-refractivity contribution in [2.45, 2.75) is 18.6 Å². The van der Waals surface area contributed by atoms with E-state index in [1.807, 2.05) is 0 Å². The van der Waals surface area contributed by atoms with Gasteiger partial charge in [-0.15, -0.1) is 0 Å². The van der Waals surface area contributed by atoms with Gasteiger partial charge in [0, 0.05) is 24.2 Å². The fourth-order valence-corrected chi connectivity index (χ4v) is 5.28. The van der Waals surface area contributed by atoms with E-state index in [9.17, 15) is 13.2 Å². The summed E-state index contributed by atoms with van der Waals surface area (Å²) in [5.74, 6) is 0.263. The molecule has 162 valence electrons. The maximum Gasteiger partial charge on any atom is 0.228 e. The van der Waals surface area contributed by atoms with Crippen LogP contribution in [0.2, 0.25) is 5.02 Å². The second-order valence-electron chi connectivity index (χ2n) is 7.14. The van der Waals surface area contributed by atoms with Gasteiger partial charge in [0.15, 0.2) is 0 Å². The second kappa shape index (κ2) is 9.68. The lowest BCUT2D eigenvalue weighted by Crippen LogP contribution is -2.44. The van der Waals surface area contributed by atoms with Gasteiger partial charge in [-0.3, -0.25) is 4.79 Å². The van der Waals surface area contributed by atoms with Crippen LogP contribution < -0.4 is 14.8 Å². The molecule has 2 aromatic carbocycles. The number of methoxy groups -OCH3 is 2. The van der Waals surface area contributed by atoms with E-state index in [1.54, 1.807) is 49.6 Å². The number of sulfonamides is 1. The fraction of sp³-hybridized carbons (Fsp3) is 0.381. The van der Waals surface area contributed by atoms with Gasteiger partial charge < -0.3 is 14.8 Å². The van der Waals surface area contributed by atoms with Gasteiger partial charge in [-0.2, -0.15) is 0 Å². The predicted octanol–water partition coefficient (Wildman–Crippen LogP) is 3.54. The molecule has 0 radical (unpaired) electrons. The molecule has 2 aromatic rings. The van der Waals surface area contributed by atoms with Gasteiger partial charge >= 0.3 is 0 Å². The Balaban J connectivity index is 1.69. The highest BCUT2D eigenvalue weighted by Crippen LogP contribution is 2.30. The van der Waals surface area contributed by atoms with Gasteiger partial charge in [0.05, 0.1) is 31.6 Å². The molecule has 30 heavy (non-hydrogen) atoms. The molecule has 1 N–H and O–H groups in total. The van der Waals surface area contributed by atoms with Crippen LogP contribution in [-0.4, -0.2) is 45.9 Å². The van der Waals surface area contributed by atoms with E-state index in [0.29, 0.717) is 47.2 Å². The normalized spacial score (nSPS) is 17.4. The molecule has 0 bridgehead atoms. The molecule has 1 fully saturated rings. The number of nitrogens with one attached hydrogen (secondary N) is 1. The lowest BCUT2D eigenvalue weighted by atomic mass is 9.98. The smallest absolute Gasteiger partial charge is 0.228 e. The van der Waals surface area contributed by atoms with E-state index in [2.05, 4.69) is 5.32 Å². The summed E-state index contributed by atoms with van der Waals surface area (Å²) in [6, 6.07) is 11.9. The third kappa shape index (κ3) is 5.44. The Labute approximate surface area is 182 Å². The van der Waals surface area contributed by atoms with Gasteiger partial charge in [0.2, 0.25) is 15.9 Å². The van der Waals surface area contributed by atoms with Crippen LogP contribution >= 0.6 is 11.6 Å². The SMILES string of the molecule is COc1ccc(NC(=O)[C@@H]2CCCN(S(=O)(=O)Cc3cccc(Cl)c3)C2)c(OC)c1. The largest absolute Gasteiger partial charge is 0.497 e. The highest BCUT2D eigenvalue weighted by atomic mass is 35.5. The number of halogens is 1. The summed E-state index contributed by atoms with van der Waals surface area (Å²) in [5.41, 5.74) is 1.14. The van der Waals surface area contributed by atoms with Crippen molar-refractivity contribution in [1.29, 1.82) is 0 Å². The van der Waals surface area contributed by atoms with E-state index in [0.717, 1.165) is 0 Å². The molecule has 0 unspecified atom stereocenters. The number of nitrogens with zero attached hydrogens (tertiary/aromatic N) is 1. The Morgan fingerprint density at radius 1 is 1.20 bits per heavy atom. The lowest BCUT2D eigenvalue weighted by Gasteiger charge is -2.31. The zero-order chi connectivity index (χ0) is 21.7. The maximum absolute atomic E-state index is 12.9. The van der Waals surface area contributed by atoms with Crippen molar-refractivity contribution >= 4 is 33.2 Å². The minimum Gasteiger partial charge on any atom is -0.497 e. The van der Waals surface area contributed by atoms with Crippen LogP contribution in [0.1, 0.15) is 18.4 Å². The molecule has 1 aliphatic heterocycles. The highest BCUT2D eigenvalue weighted by Gasteiger charge is 2.32. The molecule has 1 atom stereocenters. The molecule has 7 nitrogen and oxygen atoms in total. The lowest BCUT2D eigenvalue weighted by molar-refractivity contribution is -0.120. The van der Waals surface area contributed by atoms with Crippen molar-refractivity contribution in [3.05, 3.63) is 53.1 Å². The standard InChI is InChI=1S/C21H25ClN2O5S/c1-28-18-8-9-19(20(12-18)29-2)23-21(25)16-6-4-10-24(13-16)30(26,27)14-15-5-3-7-17(22)11-15/h3,5,7-9,11-12,16H,4,6,10,13-14H2,1-2H3,(H,23,25)/t16-/m1/s1. The first-order valence-electron chi connectivity index (χ1n) is 9.57. The van der Waals surface area contributed by atoms with Crippen molar-refractivity contribution in [3.63, 3.8) is 0 Å². The summed E-state index contributed by atoms with van der Waals surface area (Å²) in [6.07, 6.45) is 1.24. The average Bonchev–Trinajstić information content (AvgIpc) is 2.73. The summed E-state index contributed by atoms with van der Waals surface area (Å²) in [5, 5.41) is 3.35. The molecule has 0 aliphatic carbocycles. The van der Waals surface area contributed by atoms with Crippen LogP contribution in [0.5, 0.6) is 11.5 Å². The van der Waals surface area contributed by atoms with E-state index < -0.39 is 15.9 Å². The monoisotopic (exact) mass is 452 g/mol. The molecule has 0 spiro atoms. The number of amides is 1. The number of piperidine rings is 1. The molecule has 9 heteroatoms. The van der Waals surface area contributed by atoms with Crippen LogP contribution in [0.3, 0.4) is 0 Å². The molecule has 1 amide bonds. The van der Waals surface area contributed by atoms with Crippen LogP contribution in [0.4, 0.5) is 5.69 Å². The van der Waals surface area contributed by atoms with Gasteiger partial charge in [-0.1, -0.05) is 23.7 Å². The van der Waals surface area contributed by atoms with Crippen molar-refractivity contribution in [3.8, 4) is 11.5 Å². The van der Waals surface area contributed by atoms with E-state index in [1.165, 1.54) is 11.4 Å². The van der Waals surface area contributed by atoms with Crippen molar-refractivity contribution in [2.75, 3.05) is 32.6 Å². The number of carbonyl (C=O) groups excluding carboxylic acids is 1. The fourth-order valence-electron chi connectivity index (χ4n) is 3.47. The maximum atomic E-state index is 12.9. The third-order valence-corrected chi connectivity index (χ3v) is 7.10. The second-order valence-corrected chi connectivity index (χ2v) is 9.54. The Morgan fingerprint density at radius 3 is 2.70 bits per heavy atom. The van der Waals surface area contributed by atoms with Crippen molar-refractivity contribution in [2.24, 2.45) is 5.92 Å². The minimum absolute atomic E-state index is 0.145. The van der Waals surface area contributed by atoms with Gasteiger partial charge in [-0.05, 0) is 42.7 Å². The molecular formula is C21H25ClN2O5S. The number of benzene rings is 2. The number of ether oxygens (including phenoxy) is 2. The Bertz CT molecular complexity index is 1010. The first-order valence-corrected chi connectivity index (χ1v) is 11.6. The molecule has 1 saturated heterocycles. The predicted molar refractivity (Wildman–Crippen MR) is 117 cm³/mol. The van der Waals surface area contributed by atoms with E-state index in [4.69, 9.17) is 21.1 Å². The molecule has 1 aliphatic rings. The topological polar surface area (TPSA) is 84.9 Å². The molecule has 0 saturated carbocycles. The van der Waals surface area contributed by atoms with E-state index in [-0.39, 0.29) is 18.2 Å². The Morgan fingerprint density at radius 2 is 2.00 bits per heavy atom. The molecule has 0 aromatic heterocycles. The number of anilines is 1. The summed E-state index contributed by atoms with van der Waals surface area (Å²) >= 11 is 5.97. The first-order chi connectivity index (χ1) is 14.3. The molecule has 3 rings (SSSR count). The number of hydrogen-bond donors (Lipinski definition) is 1. The zero-order valence-corrected chi connectivity index (χ0v) is 18.5. The molecular weight excluding hydrogens is 428 g/mol. The summed E-state index contributed by atoms with van der Waals surface area (Å²) in [6.45, 7) is 0.547. The number of rotatable bonds is 7. The minimum atomic E-state index is -3.56. The number of hydrogen-bond acceptors (Lipinski definition) is 5. The Kier molecular flexibility index (Phi) is 7.23. The quantitative estimate of drug-likeness (QED) is 0.694. The van der Waals surface area contributed by atoms with E-state index >= 15 is 0 Å². The summed E-state index contributed by atoms with van der Waals surface area (Å²) in [7, 11) is -0.503. The summed E-state index contributed by atoms with van der Waals surface area (Å²) in [4.78, 5) is 12.8. The van der Waals surface area contributed by atoms with Crippen LogP contribution in [-0.2, 0) is 20.6 Å². The van der Waals surface area contributed by atoms with Gasteiger partial charge in [-0.25, -0.2) is 12.7 Å². The van der Waals surface area contributed by atoms with Crippen LogP contribution in [0.15, 0.2) is 42.5 Å². The Hall–Kier alpha value is -2.29. The van der Waals surface area contributed by atoms with Crippen molar-refractivity contribution in [1.82, 2.24) is 4.31 Å². The first kappa shape index (κ1) is 22.4.